The lowest BCUT2D eigenvalue weighted by atomic mass is 10.0. The minimum absolute atomic E-state index is 0.127. The highest BCUT2D eigenvalue weighted by atomic mass is 35.5. The molecule has 0 aliphatic carbocycles. The fourth-order valence-electron chi connectivity index (χ4n) is 5.15. The molecule has 0 saturated carbocycles. The van der Waals surface area contributed by atoms with Crippen LogP contribution in [0.15, 0.2) is 77.9 Å². The molecule has 214 valence electrons. The van der Waals surface area contributed by atoms with Crippen LogP contribution in [-0.2, 0) is 10.9 Å². The van der Waals surface area contributed by atoms with Crippen molar-refractivity contribution in [3.05, 3.63) is 100 Å². The van der Waals surface area contributed by atoms with Gasteiger partial charge in [-0.2, -0.15) is 19.7 Å². The smallest absolute Gasteiger partial charge is 0.416 e. The minimum Gasteiger partial charge on any atom is -0.457 e. The molecule has 7 nitrogen and oxygen atoms in total. The maximum atomic E-state index is 13.6. The van der Waals surface area contributed by atoms with E-state index in [1.165, 1.54) is 12.1 Å². The maximum Gasteiger partial charge on any atom is 0.416 e. The van der Waals surface area contributed by atoms with Crippen molar-refractivity contribution in [2.75, 3.05) is 44.2 Å². The van der Waals surface area contributed by atoms with Gasteiger partial charge < -0.3 is 14.4 Å². The van der Waals surface area contributed by atoms with Crippen molar-refractivity contribution in [2.24, 2.45) is 5.10 Å². The molecule has 2 atom stereocenters. The molecule has 11 heteroatoms. The van der Waals surface area contributed by atoms with Crippen LogP contribution in [0.2, 0.25) is 5.02 Å². The normalized spacial score (nSPS) is 20.8. The van der Waals surface area contributed by atoms with Crippen LogP contribution >= 0.6 is 11.6 Å². The van der Waals surface area contributed by atoms with Crippen molar-refractivity contribution in [3.63, 3.8) is 0 Å². The number of rotatable bonds is 7. The van der Waals surface area contributed by atoms with Crippen molar-refractivity contribution in [1.29, 1.82) is 0 Å². The maximum absolute atomic E-state index is 13.6. The first-order valence-corrected chi connectivity index (χ1v) is 13.6. The van der Waals surface area contributed by atoms with Gasteiger partial charge in [-0.1, -0.05) is 23.7 Å². The Balaban J connectivity index is 1.45. The van der Waals surface area contributed by atoms with Gasteiger partial charge in [-0.25, -0.2) is 0 Å². The first kappa shape index (κ1) is 28.7. The molecule has 2 heterocycles. The third-order valence-electron chi connectivity index (χ3n) is 7.12. The summed E-state index contributed by atoms with van der Waals surface area (Å²) in [4.78, 5) is 9.42. The summed E-state index contributed by atoms with van der Waals surface area (Å²) in [5.41, 5.74) is 0.452. The van der Waals surface area contributed by atoms with Gasteiger partial charge in [0.25, 0.3) is 5.96 Å². The van der Waals surface area contributed by atoms with Crippen LogP contribution in [0.1, 0.15) is 24.1 Å². The molecule has 0 N–H and O–H groups in total. The Kier molecular flexibility index (Phi) is 8.68. The van der Waals surface area contributed by atoms with E-state index in [4.69, 9.17) is 27.6 Å². The van der Waals surface area contributed by atoms with E-state index in [2.05, 4.69) is 15.0 Å². The first-order chi connectivity index (χ1) is 19.7. The van der Waals surface area contributed by atoms with E-state index in [0.29, 0.717) is 60.0 Å². The number of morpholine rings is 1. The van der Waals surface area contributed by atoms with E-state index in [0.717, 1.165) is 19.2 Å². The van der Waals surface area contributed by atoms with Gasteiger partial charge in [0.05, 0.1) is 24.3 Å². The number of halogens is 4. The quantitative estimate of drug-likeness (QED) is 0.223. The molecule has 0 amide bonds. The lowest BCUT2D eigenvalue weighted by Crippen LogP contribution is -2.45. The molecule has 2 saturated heterocycles. The van der Waals surface area contributed by atoms with Crippen LogP contribution in [0.5, 0.6) is 11.5 Å². The minimum atomic E-state index is -4.47. The molecular weight excluding hydrogens is 555 g/mol. The zero-order valence-electron chi connectivity index (χ0n) is 22.4. The van der Waals surface area contributed by atoms with Gasteiger partial charge in [0, 0.05) is 43.4 Å². The molecule has 2 fully saturated rings. The number of alkyl halides is 3. The summed E-state index contributed by atoms with van der Waals surface area (Å²) in [6, 6.07) is 19.0. The lowest BCUT2D eigenvalue weighted by molar-refractivity contribution is -0.137. The molecule has 0 radical (unpaired) electrons. The third kappa shape index (κ3) is 6.93. The van der Waals surface area contributed by atoms with E-state index in [-0.39, 0.29) is 6.10 Å². The van der Waals surface area contributed by atoms with Crippen LogP contribution in [0.25, 0.3) is 4.95 Å². The van der Waals surface area contributed by atoms with E-state index in [1.807, 2.05) is 28.9 Å². The fraction of sp³-hybridized carbons (Fsp3) is 0.333. The zero-order chi connectivity index (χ0) is 29.0. The summed E-state index contributed by atoms with van der Waals surface area (Å²) in [6.45, 7) is 13.4. The highest BCUT2D eigenvalue weighted by molar-refractivity contribution is 6.30. The zero-order valence-corrected chi connectivity index (χ0v) is 23.1. The van der Waals surface area contributed by atoms with Crippen LogP contribution in [0, 0.1) is 6.57 Å². The van der Waals surface area contributed by atoms with Crippen LogP contribution in [0.3, 0.4) is 0 Å². The summed E-state index contributed by atoms with van der Waals surface area (Å²) in [7, 11) is 0. The standard InChI is InChI=1S/C30H29ClF3N5O2/c1-21-19-37(16-17-40-21)14-15-38-20-28(22-4-3-5-23(18-22)30(32,33)34)39(29(38)36-35-2)25-8-12-27(13-9-25)41-26-10-6-24(31)7-11-26/h3-13,18,21,28H,14-17,19-20H2,1H3/b36-29-/t21-,28?/m0/s1. The first-order valence-electron chi connectivity index (χ1n) is 13.2. The average Bonchev–Trinajstić information content (AvgIpc) is 3.31. The summed E-state index contributed by atoms with van der Waals surface area (Å²) in [6.07, 6.45) is -4.35. The van der Waals surface area contributed by atoms with Gasteiger partial charge >= 0.3 is 6.18 Å². The van der Waals surface area contributed by atoms with E-state index in [1.54, 1.807) is 42.5 Å². The molecule has 3 aromatic rings. The number of benzene rings is 3. The van der Waals surface area contributed by atoms with Gasteiger partial charge in [-0.05, 0) is 73.2 Å². The number of hydrogen-bond donors (Lipinski definition) is 0. The topological polar surface area (TPSA) is 44.9 Å². The highest BCUT2D eigenvalue weighted by Gasteiger charge is 2.40. The second-order valence-electron chi connectivity index (χ2n) is 9.99. The molecule has 1 unspecified atom stereocenters. The lowest BCUT2D eigenvalue weighted by Gasteiger charge is -2.32. The van der Waals surface area contributed by atoms with Crippen LogP contribution < -0.4 is 9.64 Å². The average molecular weight is 584 g/mol. The second-order valence-corrected chi connectivity index (χ2v) is 10.4. The monoisotopic (exact) mass is 583 g/mol. The summed E-state index contributed by atoms with van der Waals surface area (Å²) < 4.78 is 52.4. The van der Waals surface area contributed by atoms with E-state index >= 15 is 0 Å². The SMILES string of the molecule is [C-]#[N+]/N=C1/N(CCN2CCO[C@@H](C)C2)CC(c2cccc(C(F)(F)F)c2)N1c1ccc(Oc2ccc(Cl)cc2)cc1. The Labute approximate surface area is 242 Å². The van der Waals surface area contributed by atoms with Crippen molar-refractivity contribution >= 4 is 23.2 Å². The highest BCUT2D eigenvalue weighted by Crippen LogP contribution is 2.38. The van der Waals surface area contributed by atoms with Gasteiger partial charge in [0.15, 0.2) is 0 Å². The fourth-order valence-corrected chi connectivity index (χ4v) is 5.28. The van der Waals surface area contributed by atoms with E-state index < -0.39 is 17.8 Å². The molecule has 2 aliphatic heterocycles. The number of guanidine groups is 1. The number of anilines is 1. The van der Waals surface area contributed by atoms with Crippen LogP contribution in [0.4, 0.5) is 18.9 Å². The molecule has 2 aliphatic rings. The summed E-state index contributed by atoms with van der Waals surface area (Å²) >= 11 is 5.96. The van der Waals surface area contributed by atoms with Crippen LogP contribution in [-0.4, -0.2) is 61.2 Å². The predicted molar refractivity (Wildman–Crippen MR) is 152 cm³/mol. The van der Waals surface area contributed by atoms with Gasteiger partial charge in [-0.15, -0.1) is 4.95 Å². The Morgan fingerprint density at radius 2 is 1.73 bits per heavy atom. The Bertz CT molecular complexity index is 1410. The van der Waals surface area contributed by atoms with Gasteiger partial charge in [-0.3, -0.25) is 9.80 Å². The van der Waals surface area contributed by atoms with Crippen molar-refractivity contribution in [2.45, 2.75) is 25.2 Å². The summed E-state index contributed by atoms with van der Waals surface area (Å²) in [5.74, 6) is 1.59. The molecule has 3 aromatic carbocycles. The Morgan fingerprint density at radius 3 is 2.39 bits per heavy atom. The third-order valence-corrected chi connectivity index (χ3v) is 7.37. The van der Waals surface area contributed by atoms with Crippen molar-refractivity contribution < 1.29 is 22.6 Å². The number of ether oxygens (including phenoxy) is 2. The molecule has 0 aromatic heterocycles. The molecule has 5 rings (SSSR count). The molecule has 0 spiro atoms. The Hall–Kier alpha value is -3.78. The molecule has 41 heavy (non-hydrogen) atoms. The van der Waals surface area contributed by atoms with E-state index in [9.17, 15) is 13.2 Å². The molecule has 0 bridgehead atoms. The second kappa shape index (κ2) is 12.4. The van der Waals surface area contributed by atoms with Crippen molar-refractivity contribution in [3.8, 4) is 11.5 Å². The van der Waals surface area contributed by atoms with Crippen molar-refractivity contribution in [1.82, 2.24) is 9.80 Å². The van der Waals surface area contributed by atoms with Gasteiger partial charge in [0.1, 0.15) is 16.6 Å². The van der Waals surface area contributed by atoms with Gasteiger partial charge in [0.2, 0.25) is 0 Å². The predicted octanol–water partition coefficient (Wildman–Crippen LogP) is 6.93. The summed E-state index contributed by atoms with van der Waals surface area (Å²) in [5, 5.41) is 4.74. The number of nitrogens with zero attached hydrogens (tertiary/aromatic N) is 5. The molecular formula is C30H29ClF3N5O2. The largest absolute Gasteiger partial charge is 0.457 e. The number of hydrogen-bond acceptors (Lipinski definition) is 4. The Morgan fingerprint density at radius 1 is 1.02 bits per heavy atom.